The summed E-state index contributed by atoms with van der Waals surface area (Å²) in [5.74, 6) is -0.302. The highest BCUT2D eigenvalue weighted by Gasteiger charge is 2.54. The van der Waals surface area contributed by atoms with Crippen molar-refractivity contribution >= 4 is 11.9 Å². The summed E-state index contributed by atoms with van der Waals surface area (Å²) in [6, 6.07) is 12.7. The Morgan fingerprint density at radius 2 is 1.90 bits per heavy atom. The molecule has 0 aromatic heterocycles. The number of halogens is 1. The molecular weight excluding hydrogens is 389 g/mol. The molecule has 2 aliphatic heterocycles. The van der Waals surface area contributed by atoms with Crippen LogP contribution in [0.15, 0.2) is 42.5 Å². The van der Waals surface area contributed by atoms with E-state index in [0.29, 0.717) is 36.2 Å². The van der Waals surface area contributed by atoms with E-state index < -0.39 is 24.7 Å². The molecule has 5 rings (SSSR count). The van der Waals surface area contributed by atoms with Gasteiger partial charge in [0.05, 0.1) is 26.2 Å². The summed E-state index contributed by atoms with van der Waals surface area (Å²) in [5.41, 5.74) is 1.96. The van der Waals surface area contributed by atoms with Gasteiger partial charge in [-0.25, -0.2) is 9.18 Å². The normalized spacial score (nSPS) is 28.3. The maximum absolute atomic E-state index is 13.9. The number of carbonyl (C=O) groups is 2. The van der Waals surface area contributed by atoms with Crippen molar-refractivity contribution < 1.29 is 28.2 Å². The Hall–Kier alpha value is -2.93. The van der Waals surface area contributed by atoms with Crippen LogP contribution >= 0.6 is 0 Å². The first-order valence-corrected chi connectivity index (χ1v) is 10.0. The number of methoxy groups -OCH3 is 1. The lowest BCUT2D eigenvalue weighted by Gasteiger charge is -2.16. The fourth-order valence-corrected chi connectivity index (χ4v) is 4.69. The van der Waals surface area contributed by atoms with Crippen LogP contribution in [-0.2, 0) is 9.47 Å². The SMILES string of the molecule is COC(=O)c1cc(C(=O)NC2C3COC[C@@H]32)cc2c1OC(CF)C2c1ccccc1. The highest BCUT2D eigenvalue weighted by molar-refractivity contribution is 6.00. The van der Waals surface area contributed by atoms with Crippen molar-refractivity contribution in [1.82, 2.24) is 5.32 Å². The van der Waals surface area contributed by atoms with Crippen LogP contribution in [0.4, 0.5) is 4.39 Å². The van der Waals surface area contributed by atoms with E-state index in [-0.39, 0.29) is 23.3 Å². The fourth-order valence-electron chi connectivity index (χ4n) is 4.69. The van der Waals surface area contributed by atoms with Crippen molar-refractivity contribution in [3.63, 3.8) is 0 Å². The number of carbonyl (C=O) groups excluding carboxylic acids is 2. The molecule has 4 unspecified atom stereocenters. The lowest BCUT2D eigenvalue weighted by molar-refractivity contribution is 0.0593. The summed E-state index contributed by atoms with van der Waals surface area (Å²) in [4.78, 5) is 25.4. The van der Waals surface area contributed by atoms with Gasteiger partial charge in [-0.15, -0.1) is 0 Å². The number of fused-ring (bicyclic) bond motifs is 2. The van der Waals surface area contributed by atoms with Crippen LogP contribution in [0.3, 0.4) is 0 Å². The van der Waals surface area contributed by atoms with E-state index >= 15 is 0 Å². The van der Waals surface area contributed by atoms with Gasteiger partial charge in [0, 0.05) is 29.0 Å². The van der Waals surface area contributed by atoms with Crippen LogP contribution in [0.5, 0.6) is 5.75 Å². The smallest absolute Gasteiger partial charge is 0.341 e. The van der Waals surface area contributed by atoms with E-state index in [1.54, 1.807) is 6.07 Å². The Bertz CT molecular complexity index is 985. The number of hydrogen-bond donors (Lipinski definition) is 1. The van der Waals surface area contributed by atoms with Gasteiger partial charge < -0.3 is 19.5 Å². The lowest BCUT2D eigenvalue weighted by Crippen LogP contribution is -2.30. The van der Waals surface area contributed by atoms with Crippen LogP contribution in [0.2, 0.25) is 0 Å². The Balaban J connectivity index is 1.54. The van der Waals surface area contributed by atoms with E-state index in [1.807, 2.05) is 30.3 Å². The van der Waals surface area contributed by atoms with E-state index in [4.69, 9.17) is 14.2 Å². The number of nitrogens with one attached hydrogen (secondary N) is 1. The Morgan fingerprint density at radius 3 is 2.57 bits per heavy atom. The maximum atomic E-state index is 13.9. The van der Waals surface area contributed by atoms with Crippen molar-refractivity contribution in [1.29, 1.82) is 0 Å². The zero-order chi connectivity index (χ0) is 20.8. The Labute approximate surface area is 173 Å². The van der Waals surface area contributed by atoms with Crippen LogP contribution < -0.4 is 10.1 Å². The van der Waals surface area contributed by atoms with E-state index in [1.165, 1.54) is 13.2 Å². The molecule has 0 bridgehead atoms. The van der Waals surface area contributed by atoms with Crippen molar-refractivity contribution in [2.75, 3.05) is 27.0 Å². The van der Waals surface area contributed by atoms with Gasteiger partial charge in [-0.3, -0.25) is 4.79 Å². The minimum absolute atomic E-state index is 0.0980. The molecule has 5 atom stereocenters. The number of benzene rings is 2. The average Bonchev–Trinajstić information content (AvgIpc) is 3.14. The van der Waals surface area contributed by atoms with Gasteiger partial charge in [-0.2, -0.15) is 0 Å². The number of hydrogen-bond acceptors (Lipinski definition) is 5. The van der Waals surface area contributed by atoms with Crippen molar-refractivity contribution in [3.8, 4) is 5.75 Å². The molecule has 1 aliphatic carbocycles. The first kappa shape index (κ1) is 19.1. The third kappa shape index (κ3) is 3.04. The Kier molecular flexibility index (Phi) is 4.70. The number of rotatable bonds is 5. The molecule has 2 aromatic rings. The average molecular weight is 411 g/mol. The number of esters is 1. The molecule has 0 spiro atoms. The van der Waals surface area contributed by atoms with Gasteiger partial charge >= 0.3 is 5.97 Å². The van der Waals surface area contributed by atoms with E-state index in [2.05, 4.69) is 5.32 Å². The molecule has 7 heteroatoms. The zero-order valence-corrected chi connectivity index (χ0v) is 16.5. The minimum Gasteiger partial charge on any atom is -0.485 e. The summed E-state index contributed by atoms with van der Waals surface area (Å²) in [6.07, 6.45) is -0.774. The number of ether oxygens (including phenoxy) is 3. The van der Waals surface area contributed by atoms with Gasteiger partial charge in [0.25, 0.3) is 5.91 Å². The minimum atomic E-state index is -0.774. The second kappa shape index (κ2) is 7.40. The van der Waals surface area contributed by atoms with Gasteiger partial charge in [-0.05, 0) is 17.7 Å². The number of alkyl halides is 1. The summed E-state index contributed by atoms with van der Waals surface area (Å²) < 4.78 is 30.0. The molecule has 2 aromatic carbocycles. The predicted octanol–water partition coefficient (Wildman–Crippen LogP) is 2.71. The lowest BCUT2D eigenvalue weighted by atomic mass is 9.86. The molecule has 2 heterocycles. The third-order valence-corrected chi connectivity index (χ3v) is 6.32. The summed E-state index contributed by atoms with van der Waals surface area (Å²) >= 11 is 0. The fraction of sp³-hybridized carbons (Fsp3) is 0.391. The monoisotopic (exact) mass is 411 g/mol. The van der Waals surface area contributed by atoms with Crippen molar-refractivity contribution in [3.05, 3.63) is 64.7 Å². The second-order valence-electron chi connectivity index (χ2n) is 8.00. The van der Waals surface area contributed by atoms with Gasteiger partial charge in [0.2, 0.25) is 0 Å². The third-order valence-electron chi connectivity index (χ3n) is 6.32. The molecule has 1 N–H and O–H groups in total. The topological polar surface area (TPSA) is 73.9 Å². The zero-order valence-electron chi connectivity index (χ0n) is 16.5. The van der Waals surface area contributed by atoms with Crippen LogP contribution in [-0.4, -0.2) is 51.0 Å². The molecular formula is C23H22FNO5. The molecule has 3 aliphatic rings. The van der Waals surface area contributed by atoms with Crippen LogP contribution in [0, 0.1) is 11.8 Å². The van der Waals surface area contributed by atoms with Crippen molar-refractivity contribution in [2.24, 2.45) is 11.8 Å². The highest BCUT2D eigenvalue weighted by Crippen LogP contribution is 2.46. The molecule has 1 amide bonds. The molecule has 1 saturated carbocycles. The van der Waals surface area contributed by atoms with Crippen molar-refractivity contribution in [2.45, 2.75) is 18.1 Å². The van der Waals surface area contributed by atoms with Crippen LogP contribution in [0.1, 0.15) is 37.8 Å². The van der Waals surface area contributed by atoms with Crippen LogP contribution in [0.25, 0.3) is 0 Å². The summed E-state index contributed by atoms with van der Waals surface area (Å²) in [5, 5.41) is 3.04. The standard InChI is InChI=1S/C23H22FNO5/c1-28-23(27)15-8-13(22(26)25-20-16-10-29-11-17(16)20)7-14-19(12-5-3-2-4-6-12)18(9-24)30-21(14)15/h2-8,16-20H,9-11H2,1H3,(H,25,26)/t16-,17?,18?,19?,20?/m0/s1. The highest BCUT2D eigenvalue weighted by atomic mass is 19.1. The summed E-state index contributed by atoms with van der Waals surface area (Å²) in [7, 11) is 1.27. The molecule has 0 radical (unpaired) electrons. The second-order valence-corrected chi connectivity index (χ2v) is 8.00. The summed E-state index contributed by atoms with van der Waals surface area (Å²) in [6.45, 7) is 0.604. The first-order valence-electron chi connectivity index (χ1n) is 10.0. The first-order chi connectivity index (χ1) is 14.6. The quantitative estimate of drug-likeness (QED) is 0.766. The molecule has 2 fully saturated rings. The van der Waals surface area contributed by atoms with Gasteiger partial charge in [-0.1, -0.05) is 30.3 Å². The van der Waals surface area contributed by atoms with Gasteiger partial charge in [0.1, 0.15) is 24.1 Å². The molecule has 1 saturated heterocycles. The van der Waals surface area contributed by atoms with E-state index in [9.17, 15) is 14.0 Å². The maximum Gasteiger partial charge on any atom is 0.341 e. The Morgan fingerprint density at radius 1 is 1.17 bits per heavy atom. The largest absolute Gasteiger partial charge is 0.485 e. The number of amides is 1. The van der Waals surface area contributed by atoms with E-state index in [0.717, 1.165) is 5.56 Å². The predicted molar refractivity (Wildman–Crippen MR) is 106 cm³/mol. The van der Waals surface area contributed by atoms with Gasteiger partial charge in [0.15, 0.2) is 0 Å². The molecule has 30 heavy (non-hydrogen) atoms. The molecule has 6 nitrogen and oxygen atoms in total. The molecule has 156 valence electrons.